The normalized spacial score (nSPS) is 11.6. The summed E-state index contributed by atoms with van der Waals surface area (Å²) >= 11 is 0. The summed E-state index contributed by atoms with van der Waals surface area (Å²) in [6, 6.07) is 3.17. The number of hydrogen-bond donors (Lipinski definition) is 1. The number of hydrogen-bond acceptors (Lipinski definition) is 1. The summed E-state index contributed by atoms with van der Waals surface area (Å²) in [6.45, 7) is 3.48. The fourth-order valence-electron chi connectivity index (χ4n) is 1.02. The van der Waals surface area contributed by atoms with Gasteiger partial charge in [-0.1, -0.05) is 12.1 Å². The van der Waals surface area contributed by atoms with Gasteiger partial charge in [-0.05, 0) is 18.1 Å². The number of halogens is 3. The Bertz CT molecular complexity index is 315. The van der Waals surface area contributed by atoms with Gasteiger partial charge in [0.15, 0.2) is 0 Å². The van der Waals surface area contributed by atoms with E-state index in [0.717, 1.165) is 6.07 Å². The first-order chi connectivity index (χ1) is 6.13. The lowest BCUT2D eigenvalue weighted by atomic mass is 10.1. The van der Waals surface area contributed by atoms with Crippen LogP contribution >= 0.6 is 12.4 Å². The molecule has 0 fully saturated rings. The molecule has 1 unspecified atom stereocenters. The maximum absolute atomic E-state index is 13.0. The van der Waals surface area contributed by atoms with Gasteiger partial charge >= 0.3 is 0 Å². The van der Waals surface area contributed by atoms with E-state index in [-0.39, 0.29) is 18.4 Å². The summed E-state index contributed by atoms with van der Waals surface area (Å²) in [5.41, 5.74) is 5.94. The van der Waals surface area contributed by atoms with E-state index in [1.807, 2.05) is 0 Å². The molecule has 0 aromatic heterocycles. The zero-order chi connectivity index (χ0) is 9.84. The standard InChI is InChI=1S/C10H11F2N.ClH/c1-2-9(13)5-7-3-4-8(11)6-10(7)12;/h2-4,6,9H,1,5,13H2;1H. The Hall–Kier alpha value is -0.930. The lowest BCUT2D eigenvalue weighted by Gasteiger charge is -2.06. The van der Waals surface area contributed by atoms with E-state index in [4.69, 9.17) is 5.73 Å². The zero-order valence-corrected chi connectivity index (χ0v) is 8.36. The highest BCUT2D eigenvalue weighted by molar-refractivity contribution is 5.85. The molecule has 1 rings (SSSR count). The molecule has 0 aliphatic rings. The van der Waals surface area contributed by atoms with Gasteiger partial charge in [0.25, 0.3) is 0 Å². The second-order valence-electron chi connectivity index (χ2n) is 2.84. The van der Waals surface area contributed by atoms with Crippen molar-refractivity contribution in [1.82, 2.24) is 0 Å². The Morgan fingerprint density at radius 1 is 1.43 bits per heavy atom. The van der Waals surface area contributed by atoms with Gasteiger partial charge in [0, 0.05) is 12.1 Å². The summed E-state index contributed by atoms with van der Waals surface area (Å²) in [5.74, 6) is -1.13. The first kappa shape index (κ1) is 13.1. The molecule has 78 valence electrons. The molecule has 0 radical (unpaired) electrons. The first-order valence-electron chi connectivity index (χ1n) is 3.95. The van der Waals surface area contributed by atoms with Gasteiger partial charge in [-0.25, -0.2) is 8.78 Å². The fourth-order valence-corrected chi connectivity index (χ4v) is 1.02. The molecule has 0 amide bonds. The van der Waals surface area contributed by atoms with E-state index >= 15 is 0 Å². The molecule has 0 saturated heterocycles. The Balaban J connectivity index is 0.00000169. The molecule has 1 aromatic carbocycles. The Labute approximate surface area is 88.0 Å². The van der Waals surface area contributed by atoms with E-state index in [2.05, 4.69) is 6.58 Å². The molecular weight excluding hydrogens is 208 g/mol. The molecule has 1 aromatic rings. The van der Waals surface area contributed by atoms with E-state index in [1.165, 1.54) is 18.2 Å². The van der Waals surface area contributed by atoms with Crippen LogP contribution in [0, 0.1) is 11.6 Å². The van der Waals surface area contributed by atoms with Crippen LogP contribution in [0.5, 0.6) is 0 Å². The third-order valence-electron chi connectivity index (χ3n) is 1.77. The Morgan fingerprint density at radius 2 is 2.07 bits per heavy atom. The van der Waals surface area contributed by atoms with Crippen LogP contribution in [0.1, 0.15) is 5.56 Å². The highest BCUT2D eigenvalue weighted by Gasteiger charge is 2.06. The summed E-state index contributed by atoms with van der Waals surface area (Å²) in [5, 5.41) is 0. The van der Waals surface area contributed by atoms with Gasteiger partial charge in [0.2, 0.25) is 0 Å². The predicted molar refractivity (Wildman–Crippen MR) is 55.5 cm³/mol. The number of nitrogens with two attached hydrogens (primary N) is 1. The maximum Gasteiger partial charge on any atom is 0.129 e. The lowest BCUT2D eigenvalue weighted by molar-refractivity contribution is 0.568. The van der Waals surface area contributed by atoms with Crippen LogP contribution in [0.4, 0.5) is 8.78 Å². The van der Waals surface area contributed by atoms with Crippen LogP contribution in [0.15, 0.2) is 30.9 Å². The number of benzene rings is 1. The Kier molecular flexibility index (Phi) is 5.35. The molecule has 4 heteroatoms. The van der Waals surface area contributed by atoms with Gasteiger partial charge < -0.3 is 5.73 Å². The smallest absolute Gasteiger partial charge is 0.129 e. The van der Waals surface area contributed by atoms with Crippen molar-refractivity contribution in [2.24, 2.45) is 5.73 Å². The van der Waals surface area contributed by atoms with Crippen molar-refractivity contribution in [3.8, 4) is 0 Å². The predicted octanol–water partition coefficient (Wildman–Crippen LogP) is 2.44. The van der Waals surface area contributed by atoms with Crippen molar-refractivity contribution in [2.75, 3.05) is 0 Å². The first-order valence-corrected chi connectivity index (χ1v) is 3.95. The summed E-state index contributed by atoms with van der Waals surface area (Å²) in [4.78, 5) is 0. The van der Waals surface area contributed by atoms with E-state index < -0.39 is 11.6 Å². The third kappa shape index (κ3) is 3.44. The van der Waals surface area contributed by atoms with Crippen LogP contribution in [0.2, 0.25) is 0 Å². The van der Waals surface area contributed by atoms with Gasteiger partial charge in [-0.3, -0.25) is 0 Å². The van der Waals surface area contributed by atoms with Crippen molar-refractivity contribution in [3.05, 3.63) is 48.1 Å². The highest BCUT2D eigenvalue weighted by atomic mass is 35.5. The average Bonchev–Trinajstić information content (AvgIpc) is 2.09. The average molecular weight is 220 g/mol. The van der Waals surface area contributed by atoms with Crippen LogP contribution in [-0.2, 0) is 6.42 Å². The van der Waals surface area contributed by atoms with Crippen molar-refractivity contribution < 1.29 is 8.78 Å². The lowest BCUT2D eigenvalue weighted by Crippen LogP contribution is -2.19. The molecule has 1 atom stereocenters. The van der Waals surface area contributed by atoms with Crippen LogP contribution < -0.4 is 5.73 Å². The molecule has 0 saturated carbocycles. The maximum atomic E-state index is 13.0. The molecule has 0 heterocycles. The minimum Gasteiger partial charge on any atom is -0.324 e. The molecular formula is C10H12ClF2N. The quantitative estimate of drug-likeness (QED) is 0.777. The second kappa shape index (κ2) is 5.73. The van der Waals surface area contributed by atoms with Crippen molar-refractivity contribution in [2.45, 2.75) is 12.5 Å². The van der Waals surface area contributed by atoms with Crippen LogP contribution in [-0.4, -0.2) is 6.04 Å². The SMILES string of the molecule is C=CC(N)Cc1ccc(F)cc1F.Cl. The molecule has 2 N–H and O–H groups in total. The van der Waals surface area contributed by atoms with Crippen molar-refractivity contribution >= 4 is 12.4 Å². The van der Waals surface area contributed by atoms with Crippen LogP contribution in [0.25, 0.3) is 0 Å². The van der Waals surface area contributed by atoms with Crippen LogP contribution in [0.3, 0.4) is 0 Å². The fraction of sp³-hybridized carbons (Fsp3) is 0.200. The highest BCUT2D eigenvalue weighted by Crippen LogP contribution is 2.11. The topological polar surface area (TPSA) is 26.0 Å². The van der Waals surface area contributed by atoms with Gasteiger partial charge in [0.05, 0.1) is 0 Å². The minimum atomic E-state index is -0.576. The molecule has 14 heavy (non-hydrogen) atoms. The summed E-state index contributed by atoms with van der Waals surface area (Å²) < 4.78 is 25.5. The van der Waals surface area contributed by atoms with Crippen molar-refractivity contribution in [3.63, 3.8) is 0 Å². The summed E-state index contributed by atoms with van der Waals surface area (Å²) in [7, 11) is 0. The molecule has 0 bridgehead atoms. The molecule has 0 spiro atoms. The zero-order valence-electron chi connectivity index (χ0n) is 7.54. The second-order valence-corrected chi connectivity index (χ2v) is 2.84. The molecule has 1 nitrogen and oxygen atoms in total. The largest absolute Gasteiger partial charge is 0.324 e. The van der Waals surface area contributed by atoms with E-state index in [1.54, 1.807) is 0 Å². The monoisotopic (exact) mass is 219 g/mol. The van der Waals surface area contributed by atoms with Crippen molar-refractivity contribution in [1.29, 1.82) is 0 Å². The number of rotatable bonds is 3. The molecule has 0 aliphatic heterocycles. The van der Waals surface area contributed by atoms with Gasteiger partial charge in [0.1, 0.15) is 11.6 Å². The Morgan fingerprint density at radius 3 is 2.57 bits per heavy atom. The van der Waals surface area contributed by atoms with E-state index in [9.17, 15) is 8.78 Å². The van der Waals surface area contributed by atoms with Gasteiger partial charge in [-0.2, -0.15) is 0 Å². The summed E-state index contributed by atoms with van der Waals surface area (Å²) in [6.07, 6.45) is 1.87. The molecule has 0 aliphatic carbocycles. The minimum absolute atomic E-state index is 0. The van der Waals surface area contributed by atoms with E-state index in [0.29, 0.717) is 12.0 Å². The van der Waals surface area contributed by atoms with Gasteiger partial charge in [-0.15, -0.1) is 19.0 Å². The third-order valence-corrected chi connectivity index (χ3v) is 1.77.